The summed E-state index contributed by atoms with van der Waals surface area (Å²) in [6, 6.07) is 6.71. The third-order valence-corrected chi connectivity index (χ3v) is 4.86. The van der Waals surface area contributed by atoms with Crippen molar-refractivity contribution in [1.29, 1.82) is 0 Å². The first kappa shape index (κ1) is 17.7. The SMILES string of the molecule is O=c1nc2n(Cc3ccc(Cl)nc3)cccc-2n1-c1csc(C(F)(F)F)n1. The number of hydrogen-bond acceptors (Lipinski definition) is 5. The first-order valence-corrected chi connectivity index (χ1v) is 8.80. The number of fused-ring (bicyclic) bond motifs is 1. The normalized spacial score (nSPS) is 12.0. The largest absolute Gasteiger partial charge is 0.443 e. The van der Waals surface area contributed by atoms with E-state index in [1.807, 2.05) is 0 Å². The van der Waals surface area contributed by atoms with E-state index in [1.54, 1.807) is 41.2 Å². The minimum Gasteiger partial charge on any atom is -0.327 e. The zero-order valence-corrected chi connectivity index (χ0v) is 14.9. The molecule has 2 aromatic heterocycles. The molecule has 0 atom stereocenters. The van der Waals surface area contributed by atoms with E-state index in [4.69, 9.17) is 11.6 Å². The van der Waals surface area contributed by atoms with Crippen molar-refractivity contribution in [2.24, 2.45) is 0 Å². The van der Waals surface area contributed by atoms with Gasteiger partial charge in [0.2, 0.25) is 0 Å². The molecule has 27 heavy (non-hydrogen) atoms. The average Bonchev–Trinajstić information content (AvgIpc) is 3.21. The van der Waals surface area contributed by atoms with E-state index in [0.717, 1.165) is 10.1 Å². The Kier molecular flexibility index (Phi) is 4.23. The molecule has 0 spiro atoms. The van der Waals surface area contributed by atoms with Crippen LogP contribution in [0.25, 0.3) is 17.3 Å². The van der Waals surface area contributed by atoms with E-state index in [-0.39, 0.29) is 5.82 Å². The highest BCUT2D eigenvalue weighted by atomic mass is 35.5. The summed E-state index contributed by atoms with van der Waals surface area (Å²) in [7, 11) is 0. The van der Waals surface area contributed by atoms with Gasteiger partial charge in [0, 0.05) is 17.8 Å². The Bertz CT molecular complexity index is 1130. The van der Waals surface area contributed by atoms with E-state index in [2.05, 4.69) is 15.0 Å². The van der Waals surface area contributed by atoms with E-state index in [1.165, 1.54) is 5.38 Å². The molecule has 2 aromatic rings. The summed E-state index contributed by atoms with van der Waals surface area (Å²) in [4.78, 5) is 23.9. The lowest BCUT2D eigenvalue weighted by Gasteiger charge is -2.12. The highest BCUT2D eigenvalue weighted by Gasteiger charge is 2.35. The molecule has 4 heterocycles. The Morgan fingerprint density at radius 1 is 1.19 bits per heavy atom. The van der Waals surface area contributed by atoms with E-state index in [9.17, 15) is 18.0 Å². The second kappa shape index (κ2) is 6.46. The minimum atomic E-state index is -4.57. The summed E-state index contributed by atoms with van der Waals surface area (Å²) in [5, 5.41) is 0.526. The third-order valence-electron chi connectivity index (χ3n) is 3.76. The van der Waals surface area contributed by atoms with Crippen LogP contribution in [-0.2, 0) is 12.7 Å². The van der Waals surface area contributed by atoms with Gasteiger partial charge in [-0.25, -0.2) is 19.3 Å². The molecule has 0 amide bonds. The molecule has 0 radical (unpaired) electrons. The van der Waals surface area contributed by atoms with E-state index < -0.39 is 16.9 Å². The molecule has 0 fully saturated rings. The number of rotatable bonds is 3. The Morgan fingerprint density at radius 2 is 2.00 bits per heavy atom. The van der Waals surface area contributed by atoms with Crippen molar-refractivity contribution < 1.29 is 13.2 Å². The van der Waals surface area contributed by atoms with Crippen molar-refractivity contribution in [1.82, 2.24) is 24.1 Å². The molecule has 138 valence electrons. The number of nitrogens with zero attached hydrogens (tertiary/aromatic N) is 5. The molecule has 0 saturated heterocycles. The molecule has 0 unspecified atom stereocenters. The predicted octanol–water partition coefficient (Wildman–Crippen LogP) is 3.71. The van der Waals surface area contributed by atoms with Crippen molar-refractivity contribution in [2.45, 2.75) is 12.7 Å². The Balaban J connectivity index is 1.75. The van der Waals surface area contributed by atoms with Crippen molar-refractivity contribution in [3.8, 4) is 17.3 Å². The quantitative estimate of drug-likeness (QED) is 0.482. The number of alkyl halides is 3. The fourth-order valence-electron chi connectivity index (χ4n) is 2.61. The molecular weight excluding hydrogens is 403 g/mol. The average molecular weight is 412 g/mol. The van der Waals surface area contributed by atoms with Gasteiger partial charge >= 0.3 is 11.9 Å². The maximum Gasteiger partial charge on any atom is 0.443 e. The summed E-state index contributed by atoms with van der Waals surface area (Å²) in [5.41, 5.74) is 0.494. The van der Waals surface area contributed by atoms with Crippen LogP contribution < -0.4 is 5.69 Å². The topological polar surface area (TPSA) is 65.6 Å². The lowest BCUT2D eigenvalue weighted by atomic mass is 10.2. The maximum atomic E-state index is 12.8. The lowest BCUT2D eigenvalue weighted by molar-refractivity contribution is -0.137. The Morgan fingerprint density at radius 3 is 2.67 bits per heavy atom. The van der Waals surface area contributed by atoms with Crippen LogP contribution in [0, 0.1) is 0 Å². The first-order valence-electron chi connectivity index (χ1n) is 7.54. The zero-order valence-electron chi connectivity index (χ0n) is 13.3. The van der Waals surface area contributed by atoms with Gasteiger partial charge in [0.1, 0.15) is 5.15 Å². The fourth-order valence-corrected chi connectivity index (χ4v) is 3.38. The molecular formula is C16H9ClF3N5OS. The molecule has 0 bridgehead atoms. The van der Waals surface area contributed by atoms with Gasteiger partial charge in [0.15, 0.2) is 16.6 Å². The summed E-state index contributed by atoms with van der Waals surface area (Å²) >= 11 is 6.20. The van der Waals surface area contributed by atoms with Gasteiger partial charge in [-0.2, -0.15) is 18.2 Å². The van der Waals surface area contributed by atoms with Gasteiger partial charge in [0.05, 0.1) is 12.2 Å². The van der Waals surface area contributed by atoms with Crippen LogP contribution in [0.2, 0.25) is 5.15 Å². The highest BCUT2D eigenvalue weighted by molar-refractivity contribution is 7.10. The van der Waals surface area contributed by atoms with Gasteiger partial charge < -0.3 is 4.57 Å². The van der Waals surface area contributed by atoms with Crippen LogP contribution >= 0.6 is 22.9 Å². The fraction of sp³-hybridized carbons (Fsp3) is 0.125. The molecule has 11 heteroatoms. The van der Waals surface area contributed by atoms with Crippen LogP contribution in [0.5, 0.6) is 0 Å². The molecule has 0 saturated carbocycles. The van der Waals surface area contributed by atoms with Gasteiger partial charge in [0.25, 0.3) is 0 Å². The molecule has 0 N–H and O–H groups in total. The van der Waals surface area contributed by atoms with Crippen LogP contribution in [0.3, 0.4) is 0 Å². The number of pyridine rings is 2. The lowest BCUT2D eigenvalue weighted by Crippen LogP contribution is -2.15. The molecule has 2 aliphatic rings. The number of thiazole rings is 1. The van der Waals surface area contributed by atoms with E-state index in [0.29, 0.717) is 34.6 Å². The summed E-state index contributed by atoms with van der Waals surface area (Å²) in [5.74, 6) is 0.227. The van der Waals surface area contributed by atoms with Crippen LogP contribution in [0.4, 0.5) is 13.2 Å². The Hall–Kier alpha value is -2.72. The van der Waals surface area contributed by atoms with Crippen molar-refractivity contribution in [3.05, 3.63) is 68.2 Å². The maximum absolute atomic E-state index is 12.8. The summed E-state index contributed by atoms with van der Waals surface area (Å²) < 4.78 is 41.2. The second-order valence-electron chi connectivity index (χ2n) is 5.57. The number of aromatic nitrogens is 5. The molecule has 0 aromatic carbocycles. The van der Waals surface area contributed by atoms with Crippen molar-refractivity contribution in [3.63, 3.8) is 0 Å². The summed E-state index contributed by atoms with van der Waals surface area (Å²) in [6.45, 7) is 0.364. The molecule has 4 rings (SSSR count). The van der Waals surface area contributed by atoms with Gasteiger partial charge in [-0.1, -0.05) is 17.7 Å². The first-order chi connectivity index (χ1) is 12.8. The zero-order chi connectivity index (χ0) is 19.2. The smallest absolute Gasteiger partial charge is 0.327 e. The summed E-state index contributed by atoms with van der Waals surface area (Å²) in [6.07, 6.45) is -1.25. The molecule has 0 aliphatic carbocycles. The van der Waals surface area contributed by atoms with Gasteiger partial charge in [-0.05, 0) is 23.8 Å². The number of imidazole rings is 1. The van der Waals surface area contributed by atoms with Crippen molar-refractivity contribution in [2.75, 3.05) is 0 Å². The number of halogens is 4. The predicted molar refractivity (Wildman–Crippen MR) is 93.5 cm³/mol. The van der Waals surface area contributed by atoms with Gasteiger partial charge in [-0.3, -0.25) is 0 Å². The van der Waals surface area contributed by atoms with Crippen LogP contribution in [0.15, 0.2) is 46.8 Å². The molecule has 2 aliphatic heterocycles. The Labute approximate surface area is 158 Å². The highest BCUT2D eigenvalue weighted by Crippen LogP contribution is 2.33. The number of hydrogen-bond donors (Lipinski definition) is 0. The second-order valence-corrected chi connectivity index (χ2v) is 6.82. The minimum absolute atomic E-state index is 0.106. The van der Waals surface area contributed by atoms with Crippen molar-refractivity contribution >= 4 is 22.9 Å². The van der Waals surface area contributed by atoms with Crippen LogP contribution in [0.1, 0.15) is 10.6 Å². The van der Waals surface area contributed by atoms with Gasteiger partial charge in [-0.15, -0.1) is 11.3 Å². The van der Waals surface area contributed by atoms with E-state index >= 15 is 0 Å². The standard InChI is InChI=1S/C16H9ClF3N5OS/c17-11-4-3-9(6-21-11)7-24-5-1-2-10-13(24)23-15(26)25(10)12-8-27-14(22-12)16(18,19)20/h1-6,8H,7H2. The third kappa shape index (κ3) is 3.33. The monoisotopic (exact) mass is 411 g/mol. The van der Waals surface area contributed by atoms with Crippen LogP contribution in [-0.4, -0.2) is 24.1 Å². The molecule has 6 nitrogen and oxygen atoms in total.